The summed E-state index contributed by atoms with van der Waals surface area (Å²) in [7, 11) is 0. The molecule has 0 amide bonds. The molecule has 0 bridgehead atoms. The van der Waals surface area contributed by atoms with Gasteiger partial charge < -0.3 is 5.11 Å². The quantitative estimate of drug-likeness (QED) is 0.651. The first kappa shape index (κ1) is 15.1. The lowest BCUT2D eigenvalue weighted by Gasteiger charge is -2.24. The number of nitro groups is 1. The van der Waals surface area contributed by atoms with Crippen molar-refractivity contribution in [1.82, 2.24) is 14.8 Å². The molecular formula is C14H18N4O3. The average Bonchev–Trinajstić information content (AvgIpc) is 2.95. The van der Waals surface area contributed by atoms with Gasteiger partial charge in [0.05, 0.1) is 17.1 Å². The highest BCUT2D eigenvalue weighted by atomic mass is 16.6. The van der Waals surface area contributed by atoms with E-state index in [1.807, 2.05) is 13.8 Å². The summed E-state index contributed by atoms with van der Waals surface area (Å²) in [4.78, 5) is 14.4. The van der Waals surface area contributed by atoms with Gasteiger partial charge in [0.15, 0.2) is 5.82 Å². The summed E-state index contributed by atoms with van der Waals surface area (Å²) in [6.45, 7) is 4.23. The van der Waals surface area contributed by atoms with Gasteiger partial charge in [-0.05, 0) is 25.0 Å². The maximum absolute atomic E-state index is 10.6. The number of hydrogen-bond acceptors (Lipinski definition) is 5. The van der Waals surface area contributed by atoms with Crippen LogP contribution in [0, 0.1) is 10.1 Å². The van der Waals surface area contributed by atoms with E-state index in [4.69, 9.17) is 0 Å². The van der Waals surface area contributed by atoms with Crippen LogP contribution >= 0.6 is 0 Å². The van der Waals surface area contributed by atoms with Crippen molar-refractivity contribution in [2.45, 2.75) is 38.8 Å². The number of aromatic nitrogens is 3. The molecule has 2 rings (SSSR count). The van der Waals surface area contributed by atoms with E-state index >= 15 is 0 Å². The van der Waals surface area contributed by atoms with Gasteiger partial charge in [0, 0.05) is 17.7 Å². The SMILES string of the molecule is CCC(O)(CC)Cn1cnc(-c2ccc([N+](=O)[O-])cc2)n1. The van der Waals surface area contributed by atoms with E-state index < -0.39 is 10.5 Å². The van der Waals surface area contributed by atoms with E-state index in [0.717, 1.165) is 0 Å². The van der Waals surface area contributed by atoms with Crippen molar-refractivity contribution < 1.29 is 10.0 Å². The fourth-order valence-corrected chi connectivity index (χ4v) is 2.01. The molecule has 1 aromatic heterocycles. The molecule has 0 fully saturated rings. The summed E-state index contributed by atoms with van der Waals surface area (Å²) in [5.74, 6) is 0.486. The van der Waals surface area contributed by atoms with E-state index in [2.05, 4.69) is 10.1 Å². The lowest BCUT2D eigenvalue weighted by molar-refractivity contribution is -0.384. The first-order valence-corrected chi connectivity index (χ1v) is 6.84. The molecule has 0 saturated heterocycles. The lowest BCUT2D eigenvalue weighted by Crippen LogP contribution is -2.32. The van der Waals surface area contributed by atoms with Gasteiger partial charge in [0.25, 0.3) is 5.69 Å². The van der Waals surface area contributed by atoms with Crippen LogP contribution in [-0.2, 0) is 6.54 Å². The topological polar surface area (TPSA) is 94.1 Å². The van der Waals surface area contributed by atoms with Crippen molar-refractivity contribution >= 4 is 5.69 Å². The van der Waals surface area contributed by atoms with Crippen LogP contribution in [0.1, 0.15) is 26.7 Å². The molecule has 0 saturated carbocycles. The fourth-order valence-electron chi connectivity index (χ4n) is 2.01. The second-order valence-electron chi connectivity index (χ2n) is 5.00. The van der Waals surface area contributed by atoms with Crippen LogP contribution in [0.4, 0.5) is 5.69 Å². The zero-order valence-corrected chi connectivity index (χ0v) is 12.1. The molecule has 0 unspecified atom stereocenters. The van der Waals surface area contributed by atoms with Crippen LogP contribution in [-0.4, -0.2) is 30.4 Å². The van der Waals surface area contributed by atoms with Crippen molar-refractivity contribution in [1.29, 1.82) is 0 Å². The van der Waals surface area contributed by atoms with Gasteiger partial charge in [0.1, 0.15) is 6.33 Å². The van der Waals surface area contributed by atoms with Gasteiger partial charge >= 0.3 is 0 Å². The van der Waals surface area contributed by atoms with Crippen LogP contribution < -0.4 is 0 Å². The third kappa shape index (κ3) is 3.43. The maximum Gasteiger partial charge on any atom is 0.269 e. The van der Waals surface area contributed by atoms with Crippen molar-refractivity contribution in [3.63, 3.8) is 0 Å². The van der Waals surface area contributed by atoms with Crippen molar-refractivity contribution in [2.75, 3.05) is 0 Å². The number of hydrogen-bond donors (Lipinski definition) is 1. The zero-order valence-electron chi connectivity index (χ0n) is 12.1. The van der Waals surface area contributed by atoms with E-state index in [1.165, 1.54) is 12.1 Å². The van der Waals surface area contributed by atoms with Crippen LogP contribution in [0.25, 0.3) is 11.4 Å². The summed E-state index contributed by atoms with van der Waals surface area (Å²) < 4.78 is 1.60. The van der Waals surface area contributed by atoms with E-state index in [-0.39, 0.29) is 5.69 Å². The van der Waals surface area contributed by atoms with Gasteiger partial charge in [-0.1, -0.05) is 13.8 Å². The monoisotopic (exact) mass is 290 g/mol. The normalized spacial score (nSPS) is 11.6. The van der Waals surface area contributed by atoms with Crippen LogP contribution in [0.5, 0.6) is 0 Å². The van der Waals surface area contributed by atoms with Gasteiger partial charge in [0.2, 0.25) is 0 Å². The van der Waals surface area contributed by atoms with Crippen molar-refractivity contribution in [2.24, 2.45) is 0 Å². The molecule has 1 N–H and O–H groups in total. The minimum Gasteiger partial charge on any atom is -0.388 e. The zero-order chi connectivity index (χ0) is 15.5. The summed E-state index contributed by atoms with van der Waals surface area (Å²) in [5.41, 5.74) is -0.0547. The highest BCUT2D eigenvalue weighted by molar-refractivity contribution is 5.56. The van der Waals surface area contributed by atoms with E-state index in [0.29, 0.717) is 30.8 Å². The molecule has 0 aliphatic rings. The summed E-state index contributed by atoms with van der Waals surface area (Å²) >= 11 is 0. The predicted molar refractivity (Wildman–Crippen MR) is 77.6 cm³/mol. The minimum atomic E-state index is -0.791. The Balaban J connectivity index is 2.18. The molecule has 0 aliphatic heterocycles. The molecule has 7 heteroatoms. The number of nitrogens with zero attached hydrogens (tertiary/aromatic N) is 4. The second kappa shape index (κ2) is 6.01. The Morgan fingerprint density at radius 1 is 1.29 bits per heavy atom. The number of rotatable bonds is 6. The number of benzene rings is 1. The largest absolute Gasteiger partial charge is 0.388 e. The Morgan fingerprint density at radius 3 is 2.43 bits per heavy atom. The molecule has 0 spiro atoms. The molecule has 0 aliphatic carbocycles. The lowest BCUT2D eigenvalue weighted by atomic mass is 9.98. The predicted octanol–water partition coefficient (Wildman–Crippen LogP) is 2.40. The molecule has 0 atom stereocenters. The highest BCUT2D eigenvalue weighted by Crippen LogP contribution is 2.20. The Hall–Kier alpha value is -2.28. The summed E-state index contributed by atoms with van der Waals surface area (Å²) in [6, 6.07) is 6.07. The van der Waals surface area contributed by atoms with Crippen LogP contribution in [0.3, 0.4) is 0 Å². The van der Waals surface area contributed by atoms with Gasteiger partial charge in [-0.15, -0.1) is 0 Å². The molecule has 2 aromatic rings. The van der Waals surface area contributed by atoms with E-state index in [9.17, 15) is 15.2 Å². The fraction of sp³-hybridized carbons (Fsp3) is 0.429. The average molecular weight is 290 g/mol. The molecule has 7 nitrogen and oxygen atoms in total. The Morgan fingerprint density at radius 2 is 1.90 bits per heavy atom. The first-order valence-electron chi connectivity index (χ1n) is 6.84. The third-order valence-electron chi connectivity index (χ3n) is 3.65. The van der Waals surface area contributed by atoms with Crippen molar-refractivity contribution in [3.05, 3.63) is 40.7 Å². The van der Waals surface area contributed by atoms with Gasteiger partial charge in [-0.25, -0.2) is 9.67 Å². The van der Waals surface area contributed by atoms with Crippen molar-refractivity contribution in [3.8, 4) is 11.4 Å². The van der Waals surface area contributed by atoms with Gasteiger partial charge in [-0.2, -0.15) is 5.10 Å². The standard InChI is InChI=1S/C14H18N4O3/c1-3-14(19,4-2)9-17-10-15-13(16-17)11-5-7-12(8-6-11)18(20)21/h5-8,10,19H,3-4,9H2,1-2H3. The van der Waals surface area contributed by atoms with Crippen LogP contribution in [0.15, 0.2) is 30.6 Å². The van der Waals surface area contributed by atoms with Crippen LogP contribution in [0.2, 0.25) is 0 Å². The number of nitro benzene ring substituents is 1. The Labute approximate surface area is 122 Å². The molecular weight excluding hydrogens is 272 g/mol. The number of non-ortho nitro benzene ring substituents is 1. The maximum atomic E-state index is 10.6. The molecule has 1 aromatic carbocycles. The molecule has 0 radical (unpaired) electrons. The second-order valence-corrected chi connectivity index (χ2v) is 5.00. The summed E-state index contributed by atoms with van der Waals surface area (Å²) in [5, 5.41) is 25.2. The van der Waals surface area contributed by atoms with E-state index in [1.54, 1.807) is 23.1 Å². The third-order valence-corrected chi connectivity index (χ3v) is 3.65. The van der Waals surface area contributed by atoms with Gasteiger partial charge in [-0.3, -0.25) is 10.1 Å². The summed E-state index contributed by atoms with van der Waals surface area (Å²) in [6.07, 6.45) is 2.83. The highest BCUT2D eigenvalue weighted by Gasteiger charge is 2.23. The Kier molecular flexibility index (Phi) is 4.32. The minimum absolute atomic E-state index is 0.0320. The molecule has 112 valence electrons. The Bertz CT molecular complexity index is 617. The molecule has 21 heavy (non-hydrogen) atoms. The smallest absolute Gasteiger partial charge is 0.269 e. The number of aliphatic hydroxyl groups is 1. The molecule has 1 heterocycles. The first-order chi connectivity index (χ1) is 9.97.